The van der Waals surface area contributed by atoms with Crippen molar-refractivity contribution in [2.45, 2.75) is 38.6 Å². The van der Waals surface area contributed by atoms with E-state index in [1.54, 1.807) is 24.4 Å². The molecule has 2 aromatic carbocycles. The van der Waals surface area contributed by atoms with Crippen molar-refractivity contribution in [2.75, 3.05) is 25.0 Å². The smallest absolute Gasteiger partial charge is 0.262 e. The molecule has 1 aliphatic rings. The van der Waals surface area contributed by atoms with Gasteiger partial charge in [0, 0.05) is 30.9 Å². The van der Waals surface area contributed by atoms with Crippen molar-refractivity contribution >= 4 is 40.7 Å². The van der Waals surface area contributed by atoms with E-state index in [4.69, 9.17) is 27.9 Å². The Morgan fingerprint density at radius 1 is 1.09 bits per heavy atom. The van der Waals surface area contributed by atoms with Gasteiger partial charge in [-0.1, -0.05) is 49.2 Å². The largest absolute Gasteiger partial charge is 0.484 e. The minimum absolute atomic E-state index is 0.0640. The molecular formula is C26H28Cl2N4O3. The molecule has 0 aliphatic carbocycles. The van der Waals surface area contributed by atoms with E-state index >= 15 is 0 Å². The predicted octanol–water partition coefficient (Wildman–Crippen LogP) is 5.81. The first-order valence-corrected chi connectivity index (χ1v) is 12.4. The number of nitrogens with zero attached hydrogens (tertiary/aromatic N) is 3. The molecule has 9 heteroatoms. The number of amides is 2. The van der Waals surface area contributed by atoms with Crippen molar-refractivity contribution < 1.29 is 14.3 Å². The highest BCUT2D eigenvalue weighted by Crippen LogP contribution is 2.27. The van der Waals surface area contributed by atoms with Gasteiger partial charge < -0.3 is 15.0 Å². The Kier molecular flexibility index (Phi) is 7.98. The third-order valence-electron chi connectivity index (χ3n) is 6.10. The molecule has 3 aromatic rings. The zero-order valence-electron chi connectivity index (χ0n) is 19.7. The van der Waals surface area contributed by atoms with Crippen LogP contribution in [-0.4, -0.2) is 46.2 Å². The Hall–Kier alpha value is -3.03. The molecule has 0 saturated carbocycles. The van der Waals surface area contributed by atoms with Crippen LogP contribution in [-0.2, 0) is 4.79 Å². The van der Waals surface area contributed by atoms with Gasteiger partial charge in [-0.05, 0) is 48.6 Å². The summed E-state index contributed by atoms with van der Waals surface area (Å²) in [6.07, 6.45) is 5.02. The molecule has 0 atom stereocenters. The number of carbonyl (C=O) groups excluding carboxylic acids is 2. The van der Waals surface area contributed by atoms with E-state index in [2.05, 4.69) is 24.3 Å². The van der Waals surface area contributed by atoms with Gasteiger partial charge in [0.1, 0.15) is 5.75 Å². The zero-order valence-corrected chi connectivity index (χ0v) is 21.2. The Bertz CT molecular complexity index is 1190. The first kappa shape index (κ1) is 25.1. The molecule has 35 heavy (non-hydrogen) atoms. The molecule has 7 nitrogen and oxygen atoms in total. The standard InChI is InChI=1S/C26H28Cl2N4O3/c1-17(2)18-3-5-19(6-4-18)26(34)31-11-9-21(10-12-31)32-15-20(14-29-32)30-25(33)16-35-22-7-8-23(27)24(28)13-22/h3-8,13-15,17,21H,9-12,16H2,1-2H3,(H,30,33). The summed E-state index contributed by atoms with van der Waals surface area (Å²) in [6.45, 7) is 5.43. The number of anilines is 1. The van der Waals surface area contributed by atoms with Crippen LogP contribution in [0.1, 0.15) is 54.6 Å². The first-order chi connectivity index (χ1) is 16.8. The van der Waals surface area contributed by atoms with Crippen LogP contribution in [0.3, 0.4) is 0 Å². The van der Waals surface area contributed by atoms with Gasteiger partial charge in [-0.2, -0.15) is 5.10 Å². The summed E-state index contributed by atoms with van der Waals surface area (Å²) in [5.41, 5.74) is 2.54. The summed E-state index contributed by atoms with van der Waals surface area (Å²) in [5, 5.41) is 7.99. The van der Waals surface area contributed by atoms with Crippen LogP contribution in [0.4, 0.5) is 5.69 Å². The number of halogens is 2. The Morgan fingerprint density at radius 2 is 1.80 bits per heavy atom. The number of ether oxygens (including phenoxy) is 1. The molecule has 2 amide bonds. The van der Waals surface area contributed by atoms with Gasteiger partial charge in [0.05, 0.1) is 28.0 Å². The summed E-state index contributed by atoms with van der Waals surface area (Å²) in [6, 6.07) is 12.9. The minimum Gasteiger partial charge on any atom is -0.484 e. The number of aromatic nitrogens is 2. The maximum absolute atomic E-state index is 12.9. The van der Waals surface area contributed by atoms with Crippen molar-refractivity contribution in [1.29, 1.82) is 0 Å². The minimum atomic E-state index is -0.306. The average molecular weight is 515 g/mol. The molecule has 0 spiro atoms. The number of nitrogens with one attached hydrogen (secondary N) is 1. The number of benzene rings is 2. The monoisotopic (exact) mass is 514 g/mol. The van der Waals surface area contributed by atoms with Crippen molar-refractivity contribution in [2.24, 2.45) is 0 Å². The quantitative estimate of drug-likeness (QED) is 0.431. The van der Waals surface area contributed by atoms with Crippen LogP contribution in [0.15, 0.2) is 54.9 Å². The number of rotatable bonds is 7. The fourth-order valence-corrected chi connectivity index (χ4v) is 4.33. The van der Waals surface area contributed by atoms with E-state index in [-0.39, 0.29) is 24.5 Å². The summed E-state index contributed by atoms with van der Waals surface area (Å²) >= 11 is 11.9. The number of carbonyl (C=O) groups is 2. The average Bonchev–Trinajstić information content (AvgIpc) is 3.33. The van der Waals surface area contributed by atoms with Gasteiger partial charge in [-0.3, -0.25) is 14.3 Å². The van der Waals surface area contributed by atoms with E-state index in [0.717, 1.165) is 18.4 Å². The highest BCUT2D eigenvalue weighted by molar-refractivity contribution is 6.42. The molecule has 0 radical (unpaired) electrons. The van der Waals surface area contributed by atoms with Crippen molar-refractivity contribution in [3.05, 3.63) is 76.0 Å². The van der Waals surface area contributed by atoms with Crippen molar-refractivity contribution in [3.8, 4) is 5.75 Å². The van der Waals surface area contributed by atoms with Crippen LogP contribution in [0.5, 0.6) is 5.75 Å². The van der Waals surface area contributed by atoms with Gasteiger partial charge in [0.15, 0.2) is 6.61 Å². The molecule has 1 saturated heterocycles. The van der Waals surface area contributed by atoms with Gasteiger partial charge in [0.25, 0.3) is 11.8 Å². The highest BCUT2D eigenvalue weighted by Gasteiger charge is 2.25. The van der Waals surface area contributed by atoms with Crippen molar-refractivity contribution in [1.82, 2.24) is 14.7 Å². The molecule has 1 N–H and O–H groups in total. The molecule has 184 valence electrons. The second kappa shape index (κ2) is 11.1. The maximum atomic E-state index is 12.9. The van der Waals surface area contributed by atoms with Gasteiger partial charge in [-0.25, -0.2) is 0 Å². The lowest BCUT2D eigenvalue weighted by atomic mass is 10.0. The molecule has 1 aliphatic heterocycles. The molecular weight excluding hydrogens is 487 g/mol. The van der Waals surface area contributed by atoms with Crippen LogP contribution in [0, 0.1) is 0 Å². The third kappa shape index (κ3) is 6.35. The third-order valence-corrected chi connectivity index (χ3v) is 6.84. The Balaban J connectivity index is 1.26. The van der Waals surface area contributed by atoms with Crippen LogP contribution in [0.2, 0.25) is 10.0 Å². The Morgan fingerprint density at radius 3 is 2.46 bits per heavy atom. The summed E-state index contributed by atoms with van der Waals surface area (Å²) in [7, 11) is 0. The van der Waals surface area contributed by atoms with Gasteiger partial charge in [0.2, 0.25) is 0 Å². The molecule has 0 bridgehead atoms. The van der Waals surface area contributed by atoms with Crippen LogP contribution < -0.4 is 10.1 Å². The summed E-state index contributed by atoms with van der Waals surface area (Å²) < 4.78 is 7.32. The zero-order chi connectivity index (χ0) is 24.9. The van der Waals surface area contributed by atoms with Gasteiger partial charge >= 0.3 is 0 Å². The van der Waals surface area contributed by atoms with Gasteiger partial charge in [-0.15, -0.1) is 0 Å². The molecule has 0 unspecified atom stereocenters. The lowest BCUT2D eigenvalue weighted by molar-refractivity contribution is -0.118. The predicted molar refractivity (Wildman–Crippen MR) is 138 cm³/mol. The van der Waals surface area contributed by atoms with Crippen LogP contribution in [0.25, 0.3) is 0 Å². The lowest BCUT2D eigenvalue weighted by Crippen LogP contribution is -2.39. The van der Waals surface area contributed by atoms with E-state index in [0.29, 0.717) is 40.5 Å². The summed E-state index contributed by atoms with van der Waals surface area (Å²) in [4.78, 5) is 27.0. The number of piperidine rings is 1. The number of hydrogen-bond donors (Lipinski definition) is 1. The Labute approximate surface area is 215 Å². The first-order valence-electron chi connectivity index (χ1n) is 11.6. The fourth-order valence-electron chi connectivity index (χ4n) is 4.04. The van der Waals surface area contributed by atoms with E-state index in [1.807, 2.05) is 40.0 Å². The topological polar surface area (TPSA) is 76.5 Å². The van der Waals surface area contributed by atoms with E-state index < -0.39 is 0 Å². The molecule has 1 aromatic heterocycles. The normalized spacial score (nSPS) is 14.3. The van der Waals surface area contributed by atoms with Crippen molar-refractivity contribution in [3.63, 3.8) is 0 Å². The second-order valence-electron chi connectivity index (χ2n) is 8.92. The maximum Gasteiger partial charge on any atom is 0.262 e. The molecule has 1 fully saturated rings. The number of likely N-dealkylation sites (tertiary alicyclic amines) is 1. The highest BCUT2D eigenvalue weighted by atomic mass is 35.5. The lowest BCUT2D eigenvalue weighted by Gasteiger charge is -2.32. The number of hydrogen-bond acceptors (Lipinski definition) is 4. The van der Waals surface area contributed by atoms with Crippen LogP contribution >= 0.6 is 23.2 Å². The van der Waals surface area contributed by atoms with E-state index in [9.17, 15) is 9.59 Å². The SMILES string of the molecule is CC(C)c1ccc(C(=O)N2CCC(n3cc(NC(=O)COc4ccc(Cl)c(Cl)c4)cn3)CC2)cc1. The second-order valence-corrected chi connectivity index (χ2v) is 9.74. The fraction of sp³-hybridized carbons (Fsp3) is 0.346. The molecule has 2 heterocycles. The van der Waals surface area contributed by atoms with E-state index in [1.165, 1.54) is 5.56 Å². The molecule has 4 rings (SSSR count). The summed E-state index contributed by atoms with van der Waals surface area (Å²) in [5.74, 6) is 0.657.